The number of carbonyl (C=O) groups excluding carboxylic acids is 1. The van der Waals surface area contributed by atoms with Crippen LogP contribution in [0.15, 0.2) is 40.8 Å². The summed E-state index contributed by atoms with van der Waals surface area (Å²) < 4.78 is 0. The number of amides is 1. The third kappa shape index (κ3) is 5.12. The zero-order valence-electron chi connectivity index (χ0n) is 17.4. The summed E-state index contributed by atoms with van der Waals surface area (Å²) in [5.74, 6) is -1.83. The Morgan fingerprint density at radius 2 is 1.76 bits per heavy atom. The van der Waals surface area contributed by atoms with Gasteiger partial charge in [0.1, 0.15) is 0 Å². The van der Waals surface area contributed by atoms with Gasteiger partial charge in [-0.25, -0.2) is 4.98 Å². The standard InChI is InChI=1S/C23H28N2O3S/c1-13(2)9-16-5-7-17(8-6-16)20-12-29-23(24-20)25-21(26)18-10-14(3)15(4)11-19(18)22(27)28/h5-8,12-13,18-19H,9-11H2,1-4H3,(H,27,28)(H,24,25,26)/t18-,19-/m0/s1. The number of anilines is 1. The normalized spacial score (nSPS) is 19.5. The average molecular weight is 413 g/mol. The van der Waals surface area contributed by atoms with Crippen LogP contribution in [0.25, 0.3) is 11.3 Å². The van der Waals surface area contributed by atoms with Gasteiger partial charge < -0.3 is 10.4 Å². The van der Waals surface area contributed by atoms with Crippen LogP contribution < -0.4 is 5.32 Å². The number of thiazole rings is 1. The molecule has 0 aliphatic heterocycles. The first-order valence-corrected chi connectivity index (χ1v) is 10.9. The van der Waals surface area contributed by atoms with Crippen molar-refractivity contribution in [2.75, 3.05) is 5.32 Å². The minimum absolute atomic E-state index is 0.266. The zero-order chi connectivity index (χ0) is 21.1. The Morgan fingerprint density at radius 3 is 2.34 bits per heavy atom. The van der Waals surface area contributed by atoms with Crippen LogP contribution in [0.1, 0.15) is 46.1 Å². The molecule has 3 rings (SSSR count). The topological polar surface area (TPSA) is 79.3 Å². The molecule has 5 nitrogen and oxygen atoms in total. The van der Waals surface area contributed by atoms with Crippen molar-refractivity contribution in [3.63, 3.8) is 0 Å². The average Bonchev–Trinajstić information content (AvgIpc) is 3.12. The van der Waals surface area contributed by atoms with Gasteiger partial charge in [0, 0.05) is 10.9 Å². The molecule has 1 amide bonds. The molecule has 1 aromatic heterocycles. The van der Waals surface area contributed by atoms with Crippen LogP contribution in [-0.2, 0) is 16.0 Å². The summed E-state index contributed by atoms with van der Waals surface area (Å²) >= 11 is 1.36. The summed E-state index contributed by atoms with van der Waals surface area (Å²) in [6.45, 7) is 8.31. The molecule has 0 unspecified atom stereocenters. The summed E-state index contributed by atoms with van der Waals surface area (Å²) in [5, 5.41) is 14.8. The lowest BCUT2D eigenvalue weighted by molar-refractivity contribution is -0.146. The minimum Gasteiger partial charge on any atom is -0.481 e. The van der Waals surface area contributed by atoms with Gasteiger partial charge in [0.2, 0.25) is 5.91 Å². The smallest absolute Gasteiger partial charge is 0.307 e. The van der Waals surface area contributed by atoms with Gasteiger partial charge in [-0.2, -0.15) is 0 Å². The van der Waals surface area contributed by atoms with Crippen molar-refractivity contribution in [3.05, 3.63) is 46.4 Å². The second-order valence-electron chi connectivity index (χ2n) is 8.34. The second-order valence-corrected chi connectivity index (χ2v) is 9.20. The third-order valence-corrected chi connectivity index (χ3v) is 6.31. The highest BCUT2D eigenvalue weighted by Crippen LogP contribution is 2.35. The molecule has 0 radical (unpaired) electrons. The highest BCUT2D eigenvalue weighted by atomic mass is 32.1. The van der Waals surface area contributed by atoms with Crippen LogP contribution in [0.2, 0.25) is 0 Å². The molecule has 29 heavy (non-hydrogen) atoms. The summed E-state index contributed by atoms with van der Waals surface area (Å²) in [4.78, 5) is 29.0. The number of benzene rings is 1. The molecule has 0 fully saturated rings. The molecule has 1 aliphatic rings. The van der Waals surface area contributed by atoms with Crippen LogP contribution in [0.3, 0.4) is 0 Å². The molecule has 2 atom stereocenters. The van der Waals surface area contributed by atoms with E-state index in [-0.39, 0.29) is 5.91 Å². The first kappa shape index (κ1) is 21.2. The maximum Gasteiger partial charge on any atom is 0.307 e. The Bertz CT molecular complexity index is 928. The number of hydrogen-bond acceptors (Lipinski definition) is 4. The molecule has 6 heteroatoms. The maximum atomic E-state index is 12.8. The fraction of sp³-hybridized carbons (Fsp3) is 0.435. The predicted octanol–water partition coefficient (Wildman–Crippen LogP) is 5.39. The Hall–Kier alpha value is -2.47. The number of rotatable bonds is 6. The molecular formula is C23H28N2O3S. The van der Waals surface area contributed by atoms with E-state index < -0.39 is 17.8 Å². The van der Waals surface area contributed by atoms with Crippen LogP contribution in [0.5, 0.6) is 0 Å². The van der Waals surface area contributed by atoms with Crippen molar-refractivity contribution in [2.24, 2.45) is 17.8 Å². The van der Waals surface area contributed by atoms with E-state index in [0.717, 1.165) is 28.8 Å². The van der Waals surface area contributed by atoms with Gasteiger partial charge in [0.15, 0.2) is 5.13 Å². The molecule has 0 saturated carbocycles. The van der Waals surface area contributed by atoms with Crippen molar-refractivity contribution in [2.45, 2.75) is 47.0 Å². The van der Waals surface area contributed by atoms with Crippen LogP contribution in [0.4, 0.5) is 5.13 Å². The molecule has 2 aromatic rings. The van der Waals surface area contributed by atoms with Crippen LogP contribution >= 0.6 is 11.3 Å². The van der Waals surface area contributed by atoms with Crippen molar-refractivity contribution < 1.29 is 14.7 Å². The molecular weight excluding hydrogens is 384 g/mol. The quantitative estimate of drug-likeness (QED) is 0.623. The highest BCUT2D eigenvalue weighted by Gasteiger charge is 2.37. The molecule has 154 valence electrons. The monoisotopic (exact) mass is 412 g/mol. The lowest BCUT2D eigenvalue weighted by atomic mass is 9.76. The van der Waals surface area contributed by atoms with Crippen molar-refractivity contribution in [3.8, 4) is 11.3 Å². The first-order valence-electron chi connectivity index (χ1n) is 9.98. The van der Waals surface area contributed by atoms with Gasteiger partial charge in [-0.15, -0.1) is 11.3 Å². The van der Waals surface area contributed by atoms with Crippen molar-refractivity contribution >= 4 is 28.3 Å². The fourth-order valence-corrected chi connectivity index (χ4v) is 4.49. The number of carbonyl (C=O) groups is 2. The summed E-state index contributed by atoms with van der Waals surface area (Å²) in [5.41, 5.74) is 5.28. The van der Waals surface area contributed by atoms with Crippen molar-refractivity contribution in [1.82, 2.24) is 4.98 Å². The number of carboxylic acid groups (broad SMARTS) is 1. The van der Waals surface area contributed by atoms with E-state index in [1.54, 1.807) is 0 Å². The highest BCUT2D eigenvalue weighted by molar-refractivity contribution is 7.14. The second kappa shape index (κ2) is 8.91. The number of aliphatic carboxylic acids is 1. The Balaban J connectivity index is 1.71. The minimum atomic E-state index is -0.918. The Morgan fingerprint density at radius 1 is 1.14 bits per heavy atom. The number of aromatic nitrogens is 1. The summed E-state index contributed by atoms with van der Waals surface area (Å²) in [6.07, 6.45) is 1.94. The molecule has 2 N–H and O–H groups in total. The summed E-state index contributed by atoms with van der Waals surface area (Å²) in [7, 11) is 0. The van der Waals surface area contributed by atoms with Gasteiger partial charge in [0.05, 0.1) is 17.5 Å². The number of nitrogens with zero attached hydrogens (tertiary/aromatic N) is 1. The fourth-order valence-electron chi connectivity index (χ4n) is 3.77. The lowest BCUT2D eigenvalue weighted by Crippen LogP contribution is -2.36. The van der Waals surface area contributed by atoms with E-state index in [1.165, 1.54) is 16.9 Å². The molecule has 1 aromatic carbocycles. The molecule has 0 saturated heterocycles. The van der Waals surface area contributed by atoms with Gasteiger partial charge in [-0.05, 0) is 44.6 Å². The zero-order valence-corrected chi connectivity index (χ0v) is 18.2. The predicted molar refractivity (Wildman–Crippen MR) is 117 cm³/mol. The van der Waals surface area contributed by atoms with Crippen LogP contribution in [0, 0.1) is 17.8 Å². The Labute approximate surface area is 175 Å². The number of allylic oxidation sites excluding steroid dienone is 2. The Kier molecular flexibility index (Phi) is 6.52. The van der Waals surface area contributed by atoms with Gasteiger partial charge in [-0.3, -0.25) is 9.59 Å². The van der Waals surface area contributed by atoms with E-state index in [0.29, 0.717) is 23.9 Å². The number of hydrogen-bond donors (Lipinski definition) is 2. The molecule has 1 heterocycles. The lowest BCUT2D eigenvalue weighted by Gasteiger charge is -2.29. The van der Waals surface area contributed by atoms with Gasteiger partial charge in [0.25, 0.3) is 0 Å². The largest absolute Gasteiger partial charge is 0.481 e. The van der Waals surface area contributed by atoms with E-state index in [2.05, 4.69) is 48.4 Å². The van der Waals surface area contributed by atoms with E-state index >= 15 is 0 Å². The van der Waals surface area contributed by atoms with E-state index in [1.807, 2.05) is 19.2 Å². The number of nitrogens with one attached hydrogen (secondary N) is 1. The molecule has 0 spiro atoms. The number of carboxylic acids is 1. The third-order valence-electron chi connectivity index (χ3n) is 5.55. The van der Waals surface area contributed by atoms with E-state index in [4.69, 9.17) is 0 Å². The van der Waals surface area contributed by atoms with Crippen LogP contribution in [-0.4, -0.2) is 22.0 Å². The molecule has 1 aliphatic carbocycles. The molecule has 0 bridgehead atoms. The summed E-state index contributed by atoms with van der Waals surface area (Å²) in [6, 6.07) is 8.33. The SMILES string of the molecule is CC1=C(C)C[C@H](C(=O)Nc2nc(-c3ccc(CC(C)C)cc3)cs2)[C@@H](C(=O)O)C1. The van der Waals surface area contributed by atoms with Gasteiger partial charge >= 0.3 is 5.97 Å². The van der Waals surface area contributed by atoms with Gasteiger partial charge in [-0.1, -0.05) is 49.3 Å². The first-order chi connectivity index (χ1) is 13.7. The van der Waals surface area contributed by atoms with E-state index in [9.17, 15) is 14.7 Å². The van der Waals surface area contributed by atoms with Crippen molar-refractivity contribution in [1.29, 1.82) is 0 Å². The maximum absolute atomic E-state index is 12.8.